The maximum absolute atomic E-state index is 12.2. The van der Waals surface area contributed by atoms with Crippen molar-refractivity contribution in [2.24, 2.45) is 11.8 Å². The molecule has 0 saturated heterocycles. The minimum absolute atomic E-state index is 0.0364. The number of benzene rings is 1. The molecule has 0 unspecified atom stereocenters. The molecule has 3 aliphatic carbocycles. The quantitative estimate of drug-likeness (QED) is 0.878. The van der Waals surface area contributed by atoms with Crippen LogP contribution in [0.1, 0.15) is 48.0 Å². The van der Waals surface area contributed by atoms with Gasteiger partial charge in [0.2, 0.25) is 0 Å². The van der Waals surface area contributed by atoms with Crippen molar-refractivity contribution in [1.29, 1.82) is 0 Å². The number of carbonyl (C=O) groups is 2. The summed E-state index contributed by atoms with van der Waals surface area (Å²) in [6.45, 7) is 0.0422. The summed E-state index contributed by atoms with van der Waals surface area (Å²) in [7, 11) is 0. The summed E-state index contributed by atoms with van der Waals surface area (Å²) in [4.78, 5) is 23.9. The summed E-state index contributed by atoms with van der Waals surface area (Å²) < 4.78 is 5.70. The normalized spacial score (nSPS) is 20.1. The van der Waals surface area contributed by atoms with Gasteiger partial charge in [-0.15, -0.1) is 0 Å². The second kappa shape index (κ2) is 5.41. The summed E-state index contributed by atoms with van der Waals surface area (Å²) in [5.41, 5.74) is 1.72. The molecule has 0 bridgehead atoms. The van der Waals surface area contributed by atoms with Crippen LogP contribution in [0.25, 0.3) is 0 Å². The van der Waals surface area contributed by atoms with Gasteiger partial charge < -0.3 is 10.1 Å². The van der Waals surface area contributed by atoms with Crippen molar-refractivity contribution in [3.8, 4) is 5.75 Å². The lowest BCUT2D eigenvalue weighted by molar-refractivity contribution is -0.124. The first-order valence-electron chi connectivity index (χ1n) is 8.29. The molecule has 2 saturated carbocycles. The molecule has 22 heavy (non-hydrogen) atoms. The first kappa shape index (κ1) is 13.8. The molecule has 0 spiro atoms. The first-order chi connectivity index (χ1) is 10.7. The van der Waals surface area contributed by atoms with E-state index >= 15 is 0 Å². The van der Waals surface area contributed by atoms with E-state index in [0.717, 1.165) is 17.5 Å². The fourth-order valence-corrected chi connectivity index (χ4v) is 3.50. The SMILES string of the molecule is O=C(COc1cccc2c1CCC2=O)NC(C1CC1)C1CC1. The molecule has 0 atom stereocenters. The molecule has 1 amide bonds. The Hall–Kier alpha value is -1.84. The van der Waals surface area contributed by atoms with Crippen molar-refractivity contribution >= 4 is 11.7 Å². The smallest absolute Gasteiger partial charge is 0.258 e. The lowest BCUT2D eigenvalue weighted by Gasteiger charge is -2.18. The van der Waals surface area contributed by atoms with Gasteiger partial charge in [0.05, 0.1) is 0 Å². The number of hydrogen-bond donors (Lipinski definition) is 1. The number of carbonyl (C=O) groups excluding carboxylic acids is 2. The minimum atomic E-state index is -0.0364. The zero-order chi connectivity index (χ0) is 15.1. The van der Waals surface area contributed by atoms with Gasteiger partial charge in [0.25, 0.3) is 5.91 Å². The van der Waals surface area contributed by atoms with Crippen LogP contribution in [0, 0.1) is 11.8 Å². The van der Waals surface area contributed by atoms with E-state index in [9.17, 15) is 9.59 Å². The van der Waals surface area contributed by atoms with Crippen LogP contribution < -0.4 is 10.1 Å². The Morgan fingerprint density at radius 2 is 1.91 bits per heavy atom. The molecule has 116 valence electrons. The van der Waals surface area contributed by atoms with Crippen LogP contribution in [0.3, 0.4) is 0 Å². The molecule has 0 aliphatic heterocycles. The molecule has 3 aliphatic rings. The average molecular weight is 299 g/mol. The maximum Gasteiger partial charge on any atom is 0.258 e. The highest BCUT2D eigenvalue weighted by molar-refractivity contribution is 6.01. The van der Waals surface area contributed by atoms with Crippen LogP contribution in [0.2, 0.25) is 0 Å². The van der Waals surface area contributed by atoms with Gasteiger partial charge in [0.15, 0.2) is 12.4 Å². The van der Waals surface area contributed by atoms with Crippen LogP contribution in [-0.4, -0.2) is 24.3 Å². The zero-order valence-electron chi connectivity index (χ0n) is 12.6. The Balaban J connectivity index is 1.36. The molecule has 1 N–H and O–H groups in total. The third-order valence-electron chi connectivity index (χ3n) is 4.98. The highest BCUT2D eigenvalue weighted by atomic mass is 16.5. The van der Waals surface area contributed by atoms with E-state index in [1.165, 1.54) is 25.7 Å². The number of Topliss-reactive ketones (excluding diaryl/α,β-unsaturated/α-hetero) is 1. The molecule has 1 aromatic carbocycles. The van der Waals surface area contributed by atoms with Crippen molar-refractivity contribution in [3.05, 3.63) is 29.3 Å². The fourth-order valence-electron chi connectivity index (χ4n) is 3.50. The van der Waals surface area contributed by atoms with Gasteiger partial charge in [-0.3, -0.25) is 9.59 Å². The third kappa shape index (κ3) is 2.74. The number of amides is 1. The predicted molar refractivity (Wildman–Crippen MR) is 82.0 cm³/mol. The fraction of sp³-hybridized carbons (Fsp3) is 0.556. The Morgan fingerprint density at radius 3 is 2.59 bits per heavy atom. The van der Waals surface area contributed by atoms with E-state index in [-0.39, 0.29) is 18.3 Å². The molecule has 4 heteroatoms. The molecule has 0 heterocycles. The zero-order valence-corrected chi connectivity index (χ0v) is 12.6. The van der Waals surface area contributed by atoms with Gasteiger partial charge in [-0.1, -0.05) is 12.1 Å². The Labute approximate surface area is 130 Å². The van der Waals surface area contributed by atoms with Gasteiger partial charge in [0, 0.05) is 23.6 Å². The Morgan fingerprint density at radius 1 is 1.18 bits per heavy atom. The molecular formula is C18H21NO3. The summed E-state index contributed by atoms with van der Waals surface area (Å²) in [6.07, 6.45) is 6.26. The van der Waals surface area contributed by atoms with Crippen molar-refractivity contribution in [2.45, 2.75) is 44.6 Å². The number of ether oxygens (including phenoxy) is 1. The summed E-state index contributed by atoms with van der Waals surface area (Å²) in [6, 6.07) is 5.88. The van der Waals surface area contributed by atoms with Crippen molar-refractivity contribution in [3.63, 3.8) is 0 Å². The molecule has 4 rings (SSSR count). The minimum Gasteiger partial charge on any atom is -0.483 e. The monoisotopic (exact) mass is 299 g/mol. The van der Waals surface area contributed by atoms with Crippen LogP contribution >= 0.6 is 0 Å². The molecule has 0 radical (unpaired) electrons. The van der Waals surface area contributed by atoms with Crippen LogP contribution in [0.5, 0.6) is 5.75 Å². The van der Waals surface area contributed by atoms with Crippen molar-refractivity contribution in [2.75, 3.05) is 6.61 Å². The largest absolute Gasteiger partial charge is 0.483 e. The highest BCUT2D eigenvalue weighted by Gasteiger charge is 2.42. The number of fused-ring (bicyclic) bond motifs is 1. The van der Waals surface area contributed by atoms with E-state index in [4.69, 9.17) is 4.74 Å². The topological polar surface area (TPSA) is 55.4 Å². The summed E-state index contributed by atoms with van der Waals surface area (Å²) >= 11 is 0. The van der Waals surface area contributed by atoms with E-state index in [1.54, 1.807) is 0 Å². The van der Waals surface area contributed by atoms with E-state index < -0.39 is 0 Å². The molecule has 0 aromatic heterocycles. The van der Waals surface area contributed by atoms with Crippen molar-refractivity contribution in [1.82, 2.24) is 5.32 Å². The van der Waals surface area contributed by atoms with E-state index in [0.29, 0.717) is 30.0 Å². The molecule has 1 aromatic rings. The number of nitrogens with one attached hydrogen (secondary N) is 1. The van der Waals surface area contributed by atoms with Crippen LogP contribution in [0.4, 0.5) is 0 Å². The standard InChI is InChI=1S/C18H21NO3/c20-15-9-8-14-13(15)2-1-3-16(14)22-10-17(21)19-18(11-4-5-11)12-6-7-12/h1-3,11-12,18H,4-10H2,(H,19,21). The van der Waals surface area contributed by atoms with Gasteiger partial charge in [-0.2, -0.15) is 0 Å². The number of rotatable bonds is 6. The molecule has 4 nitrogen and oxygen atoms in total. The molecular weight excluding hydrogens is 278 g/mol. The Bertz CT molecular complexity index is 605. The summed E-state index contributed by atoms with van der Waals surface area (Å²) in [5.74, 6) is 2.20. The Kier molecular flexibility index (Phi) is 3.40. The van der Waals surface area contributed by atoms with Gasteiger partial charge in [-0.05, 0) is 50.0 Å². The second-order valence-electron chi connectivity index (χ2n) is 6.76. The lowest BCUT2D eigenvalue weighted by Crippen LogP contribution is -2.40. The second-order valence-corrected chi connectivity index (χ2v) is 6.76. The van der Waals surface area contributed by atoms with Gasteiger partial charge >= 0.3 is 0 Å². The number of hydrogen-bond acceptors (Lipinski definition) is 3. The highest BCUT2D eigenvalue weighted by Crippen LogP contribution is 2.44. The van der Waals surface area contributed by atoms with E-state index in [2.05, 4.69) is 5.32 Å². The molecule has 2 fully saturated rings. The number of ketones is 1. The van der Waals surface area contributed by atoms with Gasteiger partial charge in [-0.25, -0.2) is 0 Å². The van der Waals surface area contributed by atoms with Crippen LogP contribution in [0.15, 0.2) is 18.2 Å². The van der Waals surface area contributed by atoms with Crippen molar-refractivity contribution < 1.29 is 14.3 Å². The predicted octanol–water partition coefficient (Wildman–Crippen LogP) is 2.50. The maximum atomic E-state index is 12.2. The third-order valence-corrected chi connectivity index (χ3v) is 4.98. The lowest BCUT2D eigenvalue weighted by atomic mass is 10.1. The van der Waals surface area contributed by atoms with Crippen LogP contribution in [-0.2, 0) is 11.2 Å². The average Bonchev–Trinajstić information content (AvgIpc) is 3.43. The van der Waals surface area contributed by atoms with E-state index in [1.807, 2.05) is 18.2 Å². The first-order valence-corrected chi connectivity index (χ1v) is 8.29. The van der Waals surface area contributed by atoms with Gasteiger partial charge in [0.1, 0.15) is 5.75 Å². The summed E-state index contributed by atoms with van der Waals surface area (Å²) in [5, 5.41) is 3.16.